The monoisotopic (exact) mass is 250 g/mol. The molecular weight excluding hydrogens is 242 g/mol. The first-order chi connectivity index (χ1) is 6.02. The summed E-state index contributed by atoms with van der Waals surface area (Å²) >= 11 is 3.08. The summed E-state index contributed by atoms with van der Waals surface area (Å²) in [6.45, 7) is 3.49. The molecule has 0 saturated carbocycles. The Hall–Kier alpha value is -0.640. The third-order valence-corrected chi connectivity index (χ3v) is 1.98. The van der Waals surface area contributed by atoms with E-state index in [9.17, 15) is 8.78 Å². The molecule has 1 rings (SSSR count). The van der Waals surface area contributed by atoms with Crippen molar-refractivity contribution in [3.63, 3.8) is 0 Å². The molecule has 0 aromatic heterocycles. The van der Waals surface area contributed by atoms with Gasteiger partial charge in [0.1, 0.15) is 0 Å². The van der Waals surface area contributed by atoms with Crippen molar-refractivity contribution in [1.82, 2.24) is 0 Å². The zero-order valence-corrected chi connectivity index (χ0v) is 8.86. The van der Waals surface area contributed by atoms with Gasteiger partial charge in [-0.3, -0.25) is 0 Å². The Morgan fingerprint density at radius 2 is 1.92 bits per heavy atom. The lowest BCUT2D eigenvalue weighted by Gasteiger charge is -2.12. The molecule has 0 atom stereocenters. The van der Waals surface area contributed by atoms with E-state index in [1.54, 1.807) is 13.8 Å². The van der Waals surface area contributed by atoms with E-state index in [0.29, 0.717) is 4.47 Å². The van der Waals surface area contributed by atoms with Gasteiger partial charge >= 0.3 is 0 Å². The van der Waals surface area contributed by atoms with Crippen LogP contribution in [0.15, 0.2) is 16.6 Å². The fourth-order valence-corrected chi connectivity index (χ4v) is 1.25. The SMILES string of the molecule is CC(C)Oc1c(Br)ccc(F)c1F. The van der Waals surface area contributed by atoms with E-state index >= 15 is 0 Å². The Morgan fingerprint density at radius 3 is 2.46 bits per heavy atom. The second-order valence-corrected chi connectivity index (χ2v) is 3.69. The maximum atomic E-state index is 13.1. The summed E-state index contributed by atoms with van der Waals surface area (Å²) < 4.78 is 31.3. The summed E-state index contributed by atoms with van der Waals surface area (Å²) in [6.07, 6.45) is -0.187. The van der Waals surface area contributed by atoms with Crippen LogP contribution in [0.3, 0.4) is 0 Å². The first-order valence-corrected chi connectivity index (χ1v) is 4.62. The molecule has 0 amide bonds. The van der Waals surface area contributed by atoms with Gasteiger partial charge in [-0.05, 0) is 41.9 Å². The number of hydrogen-bond acceptors (Lipinski definition) is 1. The highest BCUT2D eigenvalue weighted by atomic mass is 79.9. The van der Waals surface area contributed by atoms with Gasteiger partial charge in [0.2, 0.25) is 5.82 Å². The predicted octanol–water partition coefficient (Wildman–Crippen LogP) is 3.51. The zero-order valence-electron chi connectivity index (χ0n) is 7.27. The molecule has 0 fully saturated rings. The van der Waals surface area contributed by atoms with Crippen LogP contribution in [-0.2, 0) is 0 Å². The zero-order chi connectivity index (χ0) is 10.0. The highest BCUT2D eigenvalue weighted by Gasteiger charge is 2.14. The van der Waals surface area contributed by atoms with Crippen molar-refractivity contribution in [2.75, 3.05) is 0 Å². The largest absolute Gasteiger partial charge is 0.487 e. The van der Waals surface area contributed by atoms with Crippen LogP contribution in [0.25, 0.3) is 0 Å². The second-order valence-electron chi connectivity index (χ2n) is 2.84. The van der Waals surface area contributed by atoms with Crippen LogP contribution in [0.4, 0.5) is 8.78 Å². The molecule has 1 aromatic rings. The smallest absolute Gasteiger partial charge is 0.201 e. The topological polar surface area (TPSA) is 9.23 Å². The van der Waals surface area contributed by atoms with E-state index in [2.05, 4.69) is 15.9 Å². The maximum Gasteiger partial charge on any atom is 0.201 e. The van der Waals surface area contributed by atoms with Gasteiger partial charge in [0.25, 0.3) is 0 Å². The molecule has 0 radical (unpaired) electrons. The molecule has 1 nitrogen and oxygen atoms in total. The van der Waals surface area contributed by atoms with Crippen LogP contribution in [0.5, 0.6) is 5.75 Å². The van der Waals surface area contributed by atoms with Crippen LogP contribution in [-0.4, -0.2) is 6.10 Å². The molecule has 0 aliphatic heterocycles. The molecule has 0 bridgehead atoms. The van der Waals surface area contributed by atoms with Crippen molar-refractivity contribution < 1.29 is 13.5 Å². The predicted molar refractivity (Wildman–Crippen MR) is 49.8 cm³/mol. The third-order valence-electron chi connectivity index (χ3n) is 1.36. The second kappa shape index (κ2) is 4.05. The van der Waals surface area contributed by atoms with Crippen molar-refractivity contribution in [3.05, 3.63) is 28.2 Å². The molecule has 1 aromatic carbocycles. The Morgan fingerprint density at radius 1 is 1.31 bits per heavy atom. The van der Waals surface area contributed by atoms with E-state index in [1.165, 1.54) is 6.07 Å². The van der Waals surface area contributed by atoms with Gasteiger partial charge in [0, 0.05) is 0 Å². The van der Waals surface area contributed by atoms with Crippen molar-refractivity contribution >= 4 is 15.9 Å². The average Bonchev–Trinajstić information content (AvgIpc) is 2.05. The highest BCUT2D eigenvalue weighted by molar-refractivity contribution is 9.10. The van der Waals surface area contributed by atoms with Gasteiger partial charge in [0.05, 0.1) is 10.6 Å². The van der Waals surface area contributed by atoms with Crippen molar-refractivity contribution in [2.45, 2.75) is 20.0 Å². The van der Waals surface area contributed by atoms with Crippen LogP contribution in [0, 0.1) is 11.6 Å². The van der Waals surface area contributed by atoms with Crippen molar-refractivity contribution in [1.29, 1.82) is 0 Å². The van der Waals surface area contributed by atoms with E-state index < -0.39 is 11.6 Å². The highest BCUT2D eigenvalue weighted by Crippen LogP contribution is 2.30. The summed E-state index contributed by atoms with van der Waals surface area (Å²) in [5, 5.41) is 0. The minimum atomic E-state index is -0.955. The molecule has 0 spiro atoms. The number of halogens is 3. The molecule has 72 valence electrons. The molecule has 0 saturated heterocycles. The summed E-state index contributed by atoms with van der Waals surface area (Å²) in [7, 11) is 0. The van der Waals surface area contributed by atoms with Crippen molar-refractivity contribution in [2.24, 2.45) is 0 Å². The minimum absolute atomic E-state index is 0.0741. The lowest BCUT2D eigenvalue weighted by Crippen LogP contribution is -2.08. The summed E-state index contributed by atoms with van der Waals surface area (Å²) in [6, 6.07) is 2.46. The van der Waals surface area contributed by atoms with E-state index in [0.717, 1.165) is 6.07 Å². The first kappa shape index (κ1) is 10.4. The number of benzene rings is 1. The maximum absolute atomic E-state index is 13.1. The standard InChI is InChI=1S/C9H9BrF2O/c1-5(2)13-9-6(10)3-4-7(11)8(9)12/h3-5H,1-2H3. The van der Waals surface area contributed by atoms with Gasteiger partial charge in [-0.2, -0.15) is 4.39 Å². The van der Waals surface area contributed by atoms with Crippen molar-refractivity contribution in [3.8, 4) is 5.75 Å². The summed E-state index contributed by atoms with van der Waals surface area (Å²) in [4.78, 5) is 0. The molecule has 0 heterocycles. The fourth-order valence-electron chi connectivity index (χ4n) is 0.852. The summed E-state index contributed by atoms with van der Waals surface area (Å²) in [5.41, 5.74) is 0. The lowest BCUT2D eigenvalue weighted by atomic mass is 10.3. The van der Waals surface area contributed by atoms with Crippen LogP contribution >= 0.6 is 15.9 Å². The molecule has 0 N–H and O–H groups in total. The fraction of sp³-hybridized carbons (Fsp3) is 0.333. The van der Waals surface area contributed by atoms with Gasteiger partial charge in [-0.1, -0.05) is 0 Å². The number of hydrogen-bond donors (Lipinski definition) is 0. The normalized spacial score (nSPS) is 10.6. The van der Waals surface area contributed by atoms with E-state index in [4.69, 9.17) is 4.74 Å². The van der Waals surface area contributed by atoms with Crippen LogP contribution < -0.4 is 4.74 Å². The Bertz CT molecular complexity index is 313. The Kier molecular flexibility index (Phi) is 3.25. The molecule has 4 heteroatoms. The average molecular weight is 251 g/mol. The molecular formula is C9H9BrF2O. The lowest BCUT2D eigenvalue weighted by molar-refractivity contribution is 0.226. The van der Waals surface area contributed by atoms with E-state index in [1.807, 2.05) is 0 Å². The van der Waals surface area contributed by atoms with Gasteiger partial charge in [-0.25, -0.2) is 4.39 Å². The minimum Gasteiger partial charge on any atom is -0.487 e. The third kappa shape index (κ3) is 2.40. The Balaban J connectivity index is 3.10. The van der Waals surface area contributed by atoms with Crippen LogP contribution in [0.1, 0.15) is 13.8 Å². The van der Waals surface area contributed by atoms with Gasteiger partial charge in [0.15, 0.2) is 11.6 Å². The van der Waals surface area contributed by atoms with E-state index in [-0.39, 0.29) is 11.9 Å². The molecule has 13 heavy (non-hydrogen) atoms. The quantitative estimate of drug-likeness (QED) is 0.731. The first-order valence-electron chi connectivity index (χ1n) is 3.82. The number of ether oxygens (including phenoxy) is 1. The molecule has 0 aliphatic rings. The van der Waals surface area contributed by atoms with Gasteiger partial charge in [-0.15, -0.1) is 0 Å². The number of rotatable bonds is 2. The molecule has 0 unspecified atom stereocenters. The molecule has 0 aliphatic carbocycles. The summed E-state index contributed by atoms with van der Waals surface area (Å²) in [5.74, 6) is -1.93. The van der Waals surface area contributed by atoms with Gasteiger partial charge < -0.3 is 4.74 Å². The van der Waals surface area contributed by atoms with Crippen LogP contribution in [0.2, 0.25) is 0 Å². The Labute approximate surface area is 83.8 Å².